The van der Waals surface area contributed by atoms with Crippen LogP contribution in [-0.2, 0) is 4.79 Å². The SMILES string of the molecule is COc1ccc(NC2CCN(c3ccc(-c4cn[nH]c4)c(OC)c3)C2=O)cc1F. The summed E-state index contributed by atoms with van der Waals surface area (Å²) in [4.78, 5) is 14.6. The highest BCUT2D eigenvalue weighted by Crippen LogP contribution is 2.35. The smallest absolute Gasteiger partial charge is 0.249 e. The monoisotopic (exact) mass is 396 g/mol. The molecule has 1 unspecified atom stereocenters. The average molecular weight is 396 g/mol. The molecule has 8 heteroatoms. The van der Waals surface area contributed by atoms with Gasteiger partial charge in [0, 0.05) is 47.4 Å². The van der Waals surface area contributed by atoms with Gasteiger partial charge in [-0.1, -0.05) is 0 Å². The van der Waals surface area contributed by atoms with Gasteiger partial charge in [0.25, 0.3) is 0 Å². The second-order valence-electron chi connectivity index (χ2n) is 6.70. The Balaban J connectivity index is 1.52. The van der Waals surface area contributed by atoms with Crippen molar-refractivity contribution in [2.24, 2.45) is 0 Å². The standard InChI is InChI=1S/C21H21FN4O3/c1-28-19-6-3-14(9-17(19)22)25-18-7-8-26(21(18)27)15-4-5-16(20(10-15)29-2)13-11-23-24-12-13/h3-6,9-12,18,25H,7-8H2,1-2H3,(H,23,24). The van der Waals surface area contributed by atoms with E-state index in [1.54, 1.807) is 30.5 Å². The lowest BCUT2D eigenvalue weighted by Gasteiger charge is -2.19. The number of nitrogens with one attached hydrogen (secondary N) is 2. The summed E-state index contributed by atoms with van der Waals surface area (Å²) in [6.07, 6.45) is 4.11. The maximum absolute atomic E-state index is 13.9. The van der Waals surface area contributed by atoms with Crippen LogP contribution in [-0.4, -0.2) is 42.9 Å². The molecule has 0 radical (unpaired) electrons. The number of aromatic nitrogens is 2. The van der Waals surface area contributed by atoms with Gasteiger partial charge in [0.1, 0.15) is 11.8 Å². The molecule has 4 rings (SSSR count). The van der Waals surface area contributed by atoms with Crippen LogP contribution in [0.15, 0.2) is 48.8 Å². The fraction of sp³-hybridized carbons (Fsp3) is 0.238. The van der Waals surface area contributed by atoms with Crippen molar-refractivity contribution in [3.05, 3.63) is 54.6 Å². The topological polar surface area (TPSA) is 79.5 Å². The number of carbonyl (C=O) groups excluding carboxylic acids is 1. The Hall–Kier alpha value is -3.55. The highest BCUT2D eigenvalue weighted by atomic mass is 19.1. The summed E-state index contributed by atoms with van der Waals surface area (Å²) in [5.74, 6) is 0.281. The number of hydrogen-bond acceptors (Lipinski definition) is 5. The lowest BCUT2D eigenvalue weighted by atomic mass is 10.1. The van der Waals surface area contributed by atoms with Gasteiger partial charge >= 0.3 is 0 Å². The number of H-pyrrole nitrogens is 1. The average Bonchev–Trinajstić information content (AvgIpc) is 3.38. The molecular weight excluding hydrogens is 375 g/mol. The molecule has 7 nitrogen and oxygen atoms in total. The van der Waals surface area contributed by atoms with E-state index in [2.05, 4.69) is 15.5 Å². The second kappa shape index (κ2) is 7.83. The molecule has 29 heavy (non-hydrogen) atoms. The zero-order valence-corrected chi connectivity index (χ0v) is 16.1. The summed E-state index contributed by atoms with van der Waals surface area (Å²) in [7, 11) is 3.01. The number of benzene rings is 2. The molecule has 1 atom stereocenters. The van der Waals surface area contributed by atoms with Gasteiger partial charge in [-0.05, 0) is 30.7 Å². The van der Waals surface area contributed by atoms with Gasteiger partial charge in [-0.25, -0.2) is 4.39 Å². The molecule has 3 aromatic rings. The van der Waals surface area contributed by atoms with Gasteiger partial charge in [0.05, 0.1) is 20.4 Å². The van der Waals surface area contributed by atoms with Crippen molar-refractivity contribution in [1.82, 2.24) is 10.2 Å². The minimum atomic E-state index is -0.473. The highest BCUT2D eigenvalue weighted by molar-refractivity contribution is 6.01. The quantitative estimate of drug-likeness (QED) is 0.667. The molecule has 1 fully saturated rings. The van der Waals surface area contributed by atoms with Crippen LogP contribution in [0.25, 0.3) is 11.1 Å². The number of methoxy groups -OCH3 is 2. The van der Waals surface area contributed by atoms with Gasteiger partial charge in [-0.3, -0.25) is 9.89 Å². The van der Waals surface area contributed by atoms with E-state index < -0.39 is 11.9 Å². The number of halogens is 1. The molecule has 150 valence electrons. The molecule has 0 aliphatic carbocycles. The molecule has 1 aliphatic rings. The van der Waals surface area contributed by atoms with Gasteiger partial charge in [0.15, 0.2) is 11.6 Å². The molecular formula is C21H21FN4O3. The molecule has 2 aromatic carbocycles. The van der Waals surface area contributed by atoms with E-state index in [1.807, 2.05) is 18.2 Å². The van der Waals surface area contributed by atoms with Crippen molar-refractivity contribution >= 4 is 17.3 Å². The lowest BCUT2D eigenvalue weighted by molar-refractivity contribution is -0.117. The third kappa shape index (κ3) is 3.61. The Morgan fingerprint density at radius 2 is 2.00 bits per heavy atom. The molecule has 2 N–H and O–H groups in total. The molecule has 0 bridgehead atoms. The fourth-order valence-electron chi connectivity index (χ4n) is 3.51. The van der Waals surface area contributed by atoms with Crippen LogP contribution in [0.2, 0.25) is 0 Å². The zero-order chi connectivity index (χ0) is 20.4. The van der Waals surface area contributed by atoms with Crippen LogP contribution in [0.3, 0.4) is 0 Å². The van der Waals surface area contributed by atoms with Crippen LogP contribution >= 0.6 is 0 Å². The summed E-state index contributed by atoms with van der Waals surface area (Å²) in [5.41, 5.74) is 3.09. The molecule has 1 saturated heterocycles. The first-order valence-corrected chi connectivity index (χ1v) is 9.19. The number of hydrogen-bond donors (Lipinski definition) is 2. The van der Waals surface area contributed by atoms with Crippen molar-refractivity contribution in [3.8, 4) is 22.6 Å². The third-order valence-corrected chi connectivity index (χ3v) is 5.00. The molecule has 1 aromatic heterocycles. The molecule has 1 aliphatic heterocycles. The predicted molar refractivity (Wildman–Crippen MR) is 108 cm³/mol. The van der Waals surface area contributed by atoms with Crippen LogP contribution in [0.1, 0.15) is 6.42 Å². The number of rotatable bonds is 6. The largest absolute Gasteiger partial charge is 0.496 e. The molecule has 0 saturated carbocycles. The summed E-state index contributed by atoms with van der Waals surface area (Å²) in [6.45, 7) is 0.559. The van der Waals surface area contributed by atoms with Crippen LogP contribution in [0.4, 0.5) is 15.8 Å². The Bertz CT molecular complexity index is 1020. The Kier molecular flexibility index (Phi) is 5.07. The summed E-state index contributed by atoms with van der Waals surface area (Å²) in [5, 5.41) is 9.86. The van der Waals surface area contributed by atoms with E-state index in [-0.39, 0.29) is 11.7 Å². The normalized spacial score (nSPS) is 16.2. The maximum Gasteiger partial charge on any atom is 0.249 e. The first-order chi connectivity index (χ1) is 14.1. The third-order valence-electron chi connectivity index (χ3n) is 5.00. The van der Waals surface area contributed by atoms with Crippen LogP contribution < -0.4 is 19.7 Å². The van der Waals surface area contributed by atoms with Crippen molar-refractivity contribution < 1.29 is 18.7 Å². The zero-order valence-electron chi connectivity index (χ0n) is 16.1. The van der Waals surface area contributed by atoms with Crippen molar-refractivity contribution in [1.29, 1.82) is 0 Å². The van der Waals surface area contributed by atoms with Crippen molar-refractivity contribution in [2.45, 2.75) is 12.5 Å². The number of aromatic amines is 1. The van der Waals surface area contributed by atoms with Gasteiger partial charge < -0.3 is 19.7 Å². The van der Waals surface area contributed by atoms with Crippen molar-refractivity contribution in [2.75, 3.05) is 31.0 Å². The van der Waals surface area contributed by atoms with E-state index in [4.69, 9.17) is 9.47 Å². The first-order valence-electron chi connectivity index (χ1n) is 9.19. The summed E-state index contributed by atoms with van der Waals surface area (Å²) >= 11 is 0. The summed E-state index contributed by atoms with van der Waals surface area (Å²) in [6, 6.07) is 9.77. The number of ether oxygens (including phenoxy) is 2. The number of anilines is 2. The van der Waals surface area contributed by atoms with Crippen molar-refractivity contribution in [3.63, 3.8) is 0 Å². The molecule has 0 spiro atoms. The molecule has 2 heterocycles. The summed E-state index contributed by atoms with van der Waals surface area (Å²) < 4.78 is 24.4. The van der Waals surface area contributed by atoms with Gasteiger partial charge in [-0.2, -0.15) is 5.10 Å². The van der Waals surface area contributed by atoms with E-state index in [0.29, 0.717) is 24.4 Å². The minimum Gasteiger partial charge on any atom is -0.496 e. The Morgan fingerprint density at radius 3 is 2.69 bits per heavy atom. The van der Waals surface area contributed by atoms with E-state index in [0.717, 1.165) is 16.8 Å². The first kappa shape index (κ1) is 18.8. The van der Waals surface area contributed by atoms with Crippen LogP contribution in [0.5, 0.6) is 11.5 Å². The number of carbonyl (C=O) groups is 1. The van der Waals surface area contributed by atoms with Crippen LogP contribution in [0, 0.1) is 5.82 Å². The van der Waals surface area contributed by atoms with Gasteiger partial charge in [0.2, 0.25) is 5.91 Å². The maximum atomic E-state index is 13.9. The van der Waals surface area contributed by atoms with E-state index >= 15 is 0 Å². The number of nitrogens with zero attached hydrogens (tertiary/aromatic N) is 2. The minimum absolute atomic E-state index is 0.0701. The Morgan fingerprint density at radius 1 is 1.17 bits per heavy atom. The van der Waals surface area contributed by atoms with Gasteiger partial charge in [-0.15, -0.1) is 0 Å². The predicted octanol–water partition coefficient (Wildman–Crippen LogP) is 3.45. The second-order valence-corrected chi connectivity index (χ2v) is 6.70. The highest BCUT2D eigenvalue weighted by Gasteiger charge is 2.33. The fourth-order valence-corrected chi connectivity index (χ4v) is 3.51. The Labute approximate surface area is 167 Å². The van der Waals surface area contributed by atoms with E-state index in [1.165, 1.54) is 19.2 Å². The number of amides is 1. The lowest BCUT2D eigenvalue weighted by Crippen LogP contribution is -2.33. The molecule has 1 amide bonds. The van der Waals surface area contributed by atoms with E-state index in [9.17, 15) is 9.18 Å².